The first kappa shape index (κ1) is 14.1. The molecule has 0 aromatic heterocycles. The maximum absolute atomic E-state index is 11.3. The van der Waals surface area contributed by atoms with Gasteiger partial charge in [0.2, 0.25) is 10.1 Å². The number of hydrogen-bond donors (Lipinski definition) is 2. The van der Waals surface area contributed by atoms with Crippen molar-refractivity contribution in [3.05, 3.63) is 10.1 Å². The summed E-state index contributed by atoms with van der Waals surface area (Å²) in [5.74, 6) is -4.61. The summed E-state index contributed by atoms with van der Waals surface area (Å²) >= 11 is 33.2. The first-order valence-electron chi connectivity index (χ1n) is 3.29. The number of halogens is 6. The summed E-state index contributed by atoms with van der Waals surface area (Å²) in [4.78, 5) is 11.3. The summed E-state index contributed by atoms with van der Waals surface area (Å²) < 4.78 is -4.96. The van der Waals surface area contributed by atoms with Gasteiger partial charge in [0, 0.05) is 0 Å². The first-order chi connectivity index (χ1) is 6.48. The highest BCUT2D eigenvalue weighted by Crippen LogP contribution is 2.58. The predicted octanol–water partition coefficient (Wildman–Crippen LogP) is 2.29. The topological polar surface area (TPSA) is 57.5 Å². The van der Waals surface area contributed by atoms with Crippen LogP contribution in [0.4, 0.5) is 0 Å². The molecule has 0 aromatic rings. The normalized spacial score (nSPS) is 28.1. The van der Waals surface area contributed by atoms with Crippen LogP contribution in [0.5, 0.6) is 0 Å². The number of aliphatic hydroxyl groups is 2. The van der Waals surface area contributed by atoms with Gasteiger partial charge < -0.3 is 10.2 Å². The van der Waals surface area contributed by atoms with Gasteiger partial charge >= 0.3 is 0 Å². The molecule has 0 radical (unpaired) electrons. The lowest BCUT2D eigenvalue weighted by atomic mass is 9.97. The summed E-state index contributed by atoms with van der Waals surface area (Å²) in [6.07, 6.45) is 0. The minimum atomic E-state index is -3.23. The van der Waals surface area contributed by atoms with Crippen molar-refractivity contribution in [1.29, 1.82) is 0 Å². The first-order valence-corrected chi connectivity index (χ1v) is 5.55. The minimum Gasteiger partial charge on any atom is -0.357 e. The van der Waals surface area contributed by atoms with Gasteiger partial charge in [-0.15, -0.1) is 0 Å². The smallest absolute Gasteiger partial charge is 0.267 e. The Morgan fingerprint density at radius 3 is 1.80 bits per heavy atom. The maximum atomic E-state index is 11.3. The predicted molar refractivity (Wildman–Crippen MR) is 59.8 cm³/mol. The van der Waals surface area contributed by atoms with Gasteiger partial charge in [-0.3, -0.25) is 4.79 Å². The van der Waals surface area contributed by atoms with Crippen LogP contribution in [-0.4, -0.2) is 30.5 Å². The average molecular weight is 335 g/mol. The third-order valence-corrected chi connectivity index (χ3v) is 5.37. The lowest BCUT2D eigenvalue weighted by Gasteiger charge is -2.43. The van der Waals surface area contributed by atoms with Gasteiger partial charge in [0.05, 0.1) is 5.03 Å². The zero-order valence-electron chi connectivity index (χ0n) is 6.57. The molecule has 1 aliphatic rings. The molecule has 0 unspecified atom stereocenters. The van der Waals surface area contributed by atoms with Crippen molar-refractivity contribution in [2.75, 3.05) is 0 Å². The van der Waals surface area contributed by atoms with E-state index in [1.807, 2.05) is 0 Å². The van der Waals surface area contributed by atoms with E-state index >= 15 is 0 Å². The molecule has 0 saturated heterocycles. The van der Waals surface area contributed by atoms with Crippen molar-refractivity contribution in [2.24, 2.45) is 0 Å². The van der Waals surface area contributed by atoms with Crippen LogP contribution < -0.4 is 0 Å². The molecule has 3 nitrogen and oxygen atoms in total. The molecule has 0 aliphatic heterocycles. The number of Topliss-reactive ketones (excluding diaryl/α,β-unsaturated/α-hetero) is 1. The van der Waals surface area contributed by atoms with E-state index in [-0.39, 0.29) is 0 Å². The number of carbonyl (C=O) groups is 1. The molecule has 2 N–H and O–H groups in total. The van der Waals surface area contributed by atoms with Crippen molar-refractivity contribution in [2.45, 2.75) is 14.5 Å². The summed E-state index contributed by atoms with van der Waals surface area (Å²) in [6, 6.07) is 0. The van der Waals surface area contributed by atoms with E-state index in [1.54, 1.807) is 0 Å². The Morgan fingerprint density at radius 1 is 1.00 bits per heavy atom. The number of allylic oxidation sites excluding steroid dienone is 1. The Balaban J connectivity index is 3.56. The Morgan fingerprint density at radius 2 is 1.40 bits per heavy atom. The van der Waals surface area contributed by atoms with E-state index in [9.17, 15) is 15.0 Å². The molecule has 0 saturated carbocycles. The van der Waals surface area contributed by atoms with E-state index < -0.39 is 30.3 Å². The summed E-state index contributed by atoms with van der Waals surface area (Å²) in [5, 5.41) is 17.5. The van der Waals surface area contributed by atoms with Crippen LogP contribution in [0.2, 0.25) is 0 Å². The number of hydrogen-bond acceptors (Lipinski definition) is 3. The highest BCUT2D eigenvalue weighted by molar-refractivity contribution is 6.70. The van der Waals surface area contributed by atoms with Gasteiger partial charge in [0.15, 0.2) is 4.33 Å². The van der Waals surface area contributed by atoms with Crippen LogP contribution in [0.15, 0.2) is 10.1 Å². The second kappa shape index (κ2) is 3.79. The van der Waals surface area contributed by atoms with E-state index in [1.165, 1.54) is 0 Å². The standard InChI is InChI=1S/C6H2Cl6O3/c7-1-2(8)4(9,10)6(11,12)5(14,15)3(1)13/h14-15H. The molecule has 1 rings (SSSR count). The van der Waals surface area contributed by atoms with Gasteiger partial charge in [0.25, 0.3) is 5.79 Å². The third-order valence-electron chi connectivity index (χ3n) is 1.82. The van der Waals surface area contributed by atoms with Crippen molar-refractivity contribution in [3.63, 3.8) is 0 Å². The fourth-order valence-corrected chi connectivity index (χ4v) is 2.40. The molecular weight excluding hydrogens is 333 g/mol. The van der Waals surface area contributed by atoms with Crippen molar-refractivity contribution in [1.82, 2.24) is 0 Å². The van der Waals surface area contributed by atoms with E-state index in [2.05, 4.69) is 0 Å². The van der Waals surface area contributed by atoms with Crippen molar-refractivity contribution in [3.8, 4) is 0 Å². The fraction of sp³-hybridized carbons (Fsp3) is 0.500. The quantitative estimate of drug-likeness (QED) is 0.528. The molecule has 15 heavy (non-hydrogen) atoms. The maximum Gasteiger partial charge on any atom is 0.267 e. The number of ketones is 1. The minimum absolute atomic E-state index is 0.568. The average Bonchev–Trinajstić information content (AvgIpc) is 2.12. The van der Waals surface area contributed by atoms with Crippen LogP contribution in [0, 0.1) is 0 Å². The van der Waals surface area contributed by atoms with E-state index in [4.69, 9.17) is 69.6 Å². The highest BCUT2D eigenvalue weighted by Gasteiger charge is 2.69. The lowest BCUT2D eigenvalue weighted by Crippen LogP contribution is -2.64. The molecule has 0 bridgehead atoms. The molecular formula is C6H2Cl6O3. The van der Waals surface area contributed by atoms with Crippen LogP contribution in [0.3, 0.4) is 0 Å². The fourth-order valence-electron chi connectivity index (χ4n) is 0.890. The van der Waals surface area contributed by atoms with Crippen molar-refractivity contribution < 1.29 is 15.0 Å². The van der Waals surface area contributed by atoms with Gasteiger partial charge in [0.1, 0.15) is 5.03 Å². The SMILES string of the molecule is O=C1C(Cl)=C(Cl)C(Cl)(Cl)C(Cl)(Cl)C1(O)O. The second-order valence-electron chi connectivity index (χ2n) is 2.78. The summed E-state index contributed by atoms with van der Waals surface area (Å²) in [6.45, 7) is 0. The molecule has 0 atom stereocenters. The third kappa shape index (κ3) is 1.69. The van der Waals surface area contributed by atoms with Crippen LogP contribution in [-0.2, 0) is 4.79 Å². The van der Waals surface area contributed by atoms with Crippen LogP contribution >= 0.6 is 69.6 Å². The van der Waals surface area contributed by atoms with Gasteiger partial charge in [-0.1, -0.05) is 69.6 Å². The summed E-state index contributed by atoms with van der Waals surface area (Å²) in [5.41, 5.74) is 0. The Labute approximate surface area is 114 Å². The van der Waals surface area contributed by atoms with Gasteiger partial charge in [-0.25, -0.2) is 0 Å². The van der Waals surface area contributed by atoms with Gasteiger partial charge in [-0.05, 0) is 0 Å². The Hall–Kier alpha value is 1.07. The van der Waals surface area contributed by atoms with Crippen LogP contribution in [0.1, 0.15) is 0 Å². The zero-order valence-corrected chi connectivity index (χ0v) is 11.1. The number of carbonyl (C=O) groups excluding carboxylic acids is 1. The number of alkyl halides is 4. The molecule has 0 amide bonds. The van der Waals surface area contributed by atoms with Crippen molar-refractivity contribution >= 4 is 75.4 Å². The molecule has 1 aliphatic carbocycles. The molecule has 0 aromatic carbocycles. The molecule has 0 fully saturated rings. The summed E-state index contributed by atoms with van der Waals surface area (Å²) in [7, 11) is 0. The molecule has 86 valence electrons. The monoisotopic (exact) mass is 332 g/mol. The molecule has 0 spiro atoms. The molecule has 9 heteroatoms. The largest absolute Gasteiger partial charge is 0.357 e. The van der Waals surface area contributed by atoms with Gasteiger partial charge in [-0.2, -0.15) is 0 Å². The lowest BCUT2D eigenvalue weighted by molar-refractivity contribution is -0.185. The number of rotatable bonds is 0. The molecule has 0 heterocycles. The Kier molecular flexibility index (Phi) is 3.57. The van der Waals surface area contributed by atoms with E-state index in [0.717, 1.165) is 0 Å². The van der Waals surface area contributed by atoms with Crippen LogP contribution in [0.25, 0.3) is 0 Å². The second-order valence-corrected chi connectivity index (χ2v) is 6.19. The zero-order chi connectivity index (χ0) is 12.2. The Bertz CT molecular complexity index is 358. The highest BCUT2D eigenvalue weighted by atomic mass is 35.5. The van der Waals surface area contributed by atoms with E-state index in [0.29, 0.717) is 0 Å².